The maximum atomic E-state index is 13.7. The lowest BCUT2D eigenvalue weighted by atomic mass is 10.1. The molecule has 0 bridgehead atoms. The Labute approximate surface area is 128 Å². The van der Waals surface area contributed by atoms with Crippen molar-refractivity contribution in [1.82, 2.24) is 0 Å². The maximum absolute atomic E-state index is 13.7. The van der Waals surface area contributed by atoms with Gasteiger partial charge < -0.3 is 0 Å². The lowest BCUT2D eigenvalue weighted by Gasteiger charge is -2.10. The molecule has 0 heterocycles. The predicted octanol–water partition coefficient (Wildman–Crippen LogP) is 4.98. The molecule has 1 aliphatic rings. The van der Waals surface area contributed by atoms with Gasteiger partial charge in [-0.3, -0.25) is 4.79 Å². The number of benzene rings is 2. The topological polar surface area (TPSA) is 17.1 Å². The number of hydrogen-bond acceptors (Lipinski definition) is 2. The van der Waals surface area contributed by atoms with Gasteiger partial charge in [-0.25, -0.2) is 4.39 Å². The molecule has 1 aliphatic carbocycles. The summed E-state index contributed by atoms with van der Waals surface area (Å²) >= 11 is 1.54. The highest BCUT2D eigenvalue weighted by molar-refractivity contribution is 7.99. The molecule has 0 aliphatic heterocycles. The van der Waals surface area contributed by atoms with Crippen molar-refractivity contribution in [3.8, 4) is 0 Å². The number of carbonyl (C=O) groups excluding carboxylic acids is 1. The molecule has 2 aromatic carbocycles. The zero-order chi connectivity index (χ0) is 15.0. The van der Waals surface area contributed by atoms with E-state index < -0.39 is 0 Å². The fraction of sp³-hybridized carbons (Fsp3) is 0.278. The molecular formula is C18H17FOS. The molecule has 0 saturated carbocycles. The molecule has 21 heavy (non-hydrogen) atoms. The Kier molecular flexibility index (Phi) is 3.85. The van der Waals surface area contributed by atoms with Gasteiger partial charge in [-0.15, -0.1) is 0 Å². The van der Waals surface area contributed by atoms with E-state index >= 15 is 0 Å². The van der Waals surface area contributed by atoms with E-state index in [1.807, 2.05) is 0 Å². The van der Waals surface area contributed by atoms with Crippen LogP contribution in [0.4, 0.5) is 4.39 Å². The number of aryl methyl sites for hydroxylation is 3. The van der Waals surface area contributed by atoms with Crippen LogP contribution in [0.2, 0.25) is 0 Å². The molecule has 0 radical (unpaired) electrons. The molecular weight excluding hydrogens is 283 g/mol. The molecule has 0 aromatic heterocycles. The first kappa shape index (κ1) is 14.3. The molecule has 0 unspecified atom stereocenters. The molecule has 0 spiro atoms. The van der Waals surface area contributed by atoms with E-state index in [0.717, 1.165) is 22.6 Å². The third kappa shape index (κ3) is 2.88. The molecule has 0 fully saturated rings. The van der Waals surface area contributed by atoms with E-state index in [0.29, 0.717) is 11.1 Å². The van der Waals surface area contributed by atoms with Crippen LogP contribution in [0.25, 0.3) is 0 Å². The first-order chi connectivity index (χ1) is 10.0. The minimum atomic E-state index is -0.321. The van der Waals surface area contributed by atoms with Crippen LogP contribution in [0.1, 0.15) is 40.4 Å². The van der Waals surface area contributed by atoms with E-state index in [1.165, 1.54) is 30.5 Å². The Morgan fingerprint density at radius 3 is 2.67 bits per heavy atom. The zero-order valence-electron chi connectivity index (χ0n) is 12.2. The van der Waals surface area contributed by atoms with Crippen molar-refractivity contribution in [2.24, 2.45) is 0 Å². The normalized spacial score (nSPS) is 13.3. The maximum Gasteiger partial charge on any atom is 0.161 e. The fourth-order valence-electron chi connectivity index (χ4n) is 2.75. The number of ketones is 1. The van der Waals surface area contributed by atoms with Crippen LogP contribution in [0, 0.1) is 12.7 Å². The van der Waals surface area contributed by atoms with Crippen LogP contribution in [0.5, 0.6) is 0 Å². The quantitative estimate of drug-likeness (QED) is 0.744. The molecule has 0 amide bonds. The lowest BCUT2D eigenvalue weighted by molar-refractivity contribution is 0.101. The number of halogens is 1. The lowest BCUT2D eigenvalue weighted by Crippen LogP contribution is -1.98. The summed E-state index contributed by atoms with van der Waals surface area (Å²) < 4.78 is 13.7. The van der Waals surface area contributed by atoms with Crippen LogP contribution < -0.4 is 0 Å². The van der Waals surface area contributed by atoms with Crippen molar-refractivity contribution in [3.63, 3.8) is 0 Å². The van der Waals surface area contributed by atoms with Crippen molar-refractivity contribution in [2.45, 2.75) is 42.9 Å². The Hall–Kier alpha value is -1.61. The standard InChI is InChI=1S/C18H17FOS/c1-11-8-18(16(12(2)20)10-17(11)19)21-15-7-6-13-4-3-5-14(13)9-15/h6-10H,3-5H2,1-2H3. The minimum absolute atomic E-state index is 0.0995. The Morgan fingerprint density at radius 2 is 1.90 bits per heavy atom. The van der Waals surface area contributed by atoms with Crippen LogP contribution >= 0.6 is 11.8 Å². The molecule has 0 saturated heterocycles. The zero-order valence-corrected chi connectivity index (χ0v) is 13.0. The third-order valence-electron chi connectivity index (χ3n) is 3.94. The fourth-order valence-corrected chi connectivity index (χ4v) is 3.89. The Bertz CT molecular complexity index is 721. The molecule has 3 heteroatoms. The Morgan fingerprint density at radius 1 is 1.14 bits per heavy atom. The van der Waals surface area contributed by atoms with Gasteiger partial charge in [0.15, 0.2) is 5.78 Å². The summed E-state index contributed by atoms with van der Waals surface area (Å²) in [6.07, 6.45) is 3.51. The first-order valence-electron chi connectivity index (χ1n) is 7.15. The van der Waals surface area contributed by atoms with Gasteiger partial charge in [0.05, 0.1) is 0 Å². The average molecular weight is 300 g/mol. The highest BCUT2D eigenvalue weighted by Gasteiger charge is 2.15. The molecule has 2 aromatic rings. The van der Waals surface area contributed by atoms with E-state index in [4.69, 9.17) is 0 Å². The van der Waals surface area contributed by atoms with Gasteiger partial charge >= 0.3 is 0 Å². The molecule has 1 nitrogen and oxygen atoms in total. The minimum Gasteiger partial charge on any atom is -0.294 e. The summed E-state index contributed by atoms with van der Waals surface area (Å²) in [7, 11) is 0. The highest BCUT2D eigenvalue weighted by atomic mass is 32.2. The van der Waals surface area contributed by atoms with Crippen LogP contribution in [-0.4, -0.2) is 5.78 Å². The second-order valence-electron chi connectivity index (χ2n) is 5.54. The third-order valence-corrected chi connectivity index (χ3v) is 4.99. The van der Waals surface area contributed by atoms with Gasteiger partial charge in [0.25, 0.3) is 0 Å². The first-order valence-corrected chi connectivity index (χ1v) is 7.97. The number of carbonyl (C=O) groups is 1. The number of rotatable bonds is 3. The molecule has 0 N–H and O–H groups in total. The summed E-state index contributed by atoms with van der Waals surface area (Å²) in [5, 5.41) is 0. The molecule has 108 valence electrons. The van der Waals surface area contributed by atoms with E-state index in [1.54, 1.807) is 24.8 Å². The predicted molar refractivity (Wildman–Crippen MR) is 83.7 cm³/mol. The average Bonchev–Trinajstić information content (AvgIpc) is 2.89. The van der Waals surface area contributed by atoms with Crippen LogP contribution in [-0.2, 0) is 12.8 Å². The van der Waals surface area contributed by atoms with E-state index in [9.17, 15) is 9.18 Å². The smallest absolute Gasteiger partial charge is 0.161 e. The van der Waals surface area contributed by atoms with Gasteiger partial charge in [-0.05, 0) is 74.1 Å². The molecule has 0 atom stereocenters. The van der Waals surface area contributed by atoms with Crippen LogP contribution in [0.3, 0.4) is 0 Å². The largest absolute Gasteiger partial charge is 0.294 e. The second kappa shape index (κ2) is 5.64. The summed E-state index contributed by atoms with van der Waals surface area (Å²) in [5.74, 6) is -0.420. The van der Waals surface area contributed by atoms with Gasteiger partial charge in [-0.2, -0.15) is 0 Å². The summed E-state index contributed by atoms with van der Waals surface area (Å²) in [4.78, 5) is 13.7. The van der Waals surface area contributed by atoms with Crippen molar-refractivity contribution in [3.05, 3.63) is 58.4 Å². The SMILES string of the molecule is CC(=O)c1cc(F)c(C)cc1Sc1ccc2c(c1)CCC2. The highest BCUT2D eigenvalue weighted by Crippen LogP contribution is 2.35. The van der Waals surface area contributed by atoms with Gasteiger partial charge in [0, 0.05) is 15.4 Å². The van der Waals surface area contributed by atoms with Gasteiger partial charge in [0.2, 0.25) is 0 Å². The van der Waals surface area contributed by atoms with E-state index in [2.05, 4.69) is 18.2 Å². The van der Waals surface area contributed by atoms with E-state index in [-0.39, 0.29) is 11.6 Å². The van der Waals surface area contributed by atoms with Gasteiger partial charge in [-0.1, -0.05) is 17.8 Å². The summed E-state index contributed by atoms with van der Waals surface area (Å²) in [6, 6.07) is 9.60. The summed E-state index contributed by atoms with van der Waals surface area (Å²) in [5.41, 5.74) is 3.87. The van der Waals surface area contributed by atoms with Crippen molar-refractivity contribution >= 4 is 17.5 Å². The van der Waals surface area contributed by atoms with Crippen molar-refractivity contribution in [1.29, 1.82) is 0 Å². The van der Waals surface area contributed by atoms with Crippen LogP contribution in [0.15, 0.2) is 40.1 Å². The number of Topliss-reactive ketones (excluding diaryl/α,β-unsaturated/α-hetero) is 1. The monoisotopic (exact) mass is 300 g/mol. The number of hydrogen-bond donors (Lipinski definition) is 0. The van der Waals surface area contributed by atoms with Crippen molar-refractivity contribution < 1.29 is 9.18 Å². The second-order valence-corrected chi connectivity index (χ2v) is 6.66. The molecule has 3 rings (SSSR count). The van der Waals surface area contributed by atoms with Gasteiger partial charge in [0.1, 0.15) is 5.82 Å². The Balaban J connectivity index is 1.97. The summed E-state index contributed by atoms with van der Waals surface area (Å²) in [6.45, 7) is 3.21. The number of fused-ring (bicyclic) bond motifs is 1. The van der Waals surface area contributed by atoms with Crippen molar-refractivity contribution in [2.75, 3.05) is 0 Å².